The van der Waals surface area contributed by atoms with Gasteiger partial charge in [0.25, 0.3) is 0 Å². The molecule has 0 saturated carbocycles. The number of carbonyl (C=O) groups excluding carboxylic acids is 1. The van der Waals surface area contributed by atoms with Crippen molar-refractivity contribution in [3.8, 4) is 0 Å². The molecule has 0 radical (unpaired) electrons. The van der Waals surface area contributed by atoms with E-state index < -0.39 is 0 Å². The van der Waals surface area contributed by atoms with Crippen molar-refractivity contribution < 1.29 is 14.3 Å². The van der Waals surface area contributed by atoms with Crippen LogP contribution in [-0.2, 0) is 14.3 Å². The van der Waals surface area contributed by atoms with Crippen LogP contribution < -0.4 is 0 Å². The minimum Gasteiger partial charge on any atom is -0.462 e. The SMILES string of the molecule is C=CCOCC(CCCCCCCCCCCCCCCC)COC(=O)C=C. The van der Waals surface area contributed by atoms with Crippen LogP contribution in [0.4, 0.5) is 0 Å². The molecule has 0 fully saturated rings. The summed E-state index contributed by atoms with van der Waals surface area (Å²) >= 11 is 0. The van der Waals surface area contributed by atoms with E-state index in [0.29, 0.717) is 19.8 Å². The lowest BCUT2D eigenvalue weighted by Crippen LogP contribution is -2.18. The van der Waals surface area contributed by atoms with Gasteiger partial charge in [0.05, 0.1) is 19.8 Å². The molecule has 0 saturated heterocycles. The molecule has 3 nitrogen and oxygen atoms in total. The van der Waals surface area contributed by atoms with E-state index in [1.165, 1.54) is 96.0 Å². The van der Waals surface area contributed by atoms with Crippen molar-refractivity contribution in [3.63, 3.8) is 0 Å². The molecule has 0 aliphatic carbocycles. The molecule has 0 aromatic carbocycles. The molecule has 1 unspecified atom stereocenters. The van der Waals surface area contributed by atoms with Crippen LogP contribution in [0.1, 0.15) is 103 Å². The van der Waals surface area contributed by atoms with E-state index in [2.05, 4.69) is 20.1 Å². The van der Waals surface area contributed by atoms with Gasteiger partial charge >= 0.3 is 5.97 Å². The van der Waals surface area contributed by atoms with Crippen molar-refractivity contribution in [2.45, 2.75) is 103 Å². The third-order valence-electron chi connectivity index (χ3n) is 5.18. The molecule has 0 aromatic heterocycles. The van der Waals surface area contributed by atoms with Crippen molar-refractivity contribution >= 4 is 5.97 Å². The average molecular weight is 395 g/mol. The van der Waals surface area contributed by atoms with E-state index in [4.69, 9.17) is 9.47 Å². The van der Waals surface area contributed by atoms with Crippen molar-refractivity contribution in [2.24, 2.45) is 5.92 Å². The number of esters is 1. The fourth-order valence-corrected chi connectivity index (χ4v) is 3.42. The van der Waals surface area contributed by atoms with Gasteiger partial charge in [0, 0.05) is 12.0 Å². The van der Waals surface area contributed by atoms with E-state index in [-0.39, 0.29) is 11.9 Å². The van der Waals surface area contributed by atoms with Crippen LogP contribution in [0.15, 0.2) is 25.3 Å². The zero-order chi connectivity index (χ0) is 20.7. The number of ether oxygens (including phenoxy) is 2. The summed E-state index contributed by atoms with van der Waals surface area (Å²) in [5.41, 5.74) is 0. The number of unbranched alkanes of at least 4 members (excludes halogenated alkanes) is 13. The summed E-state index contributed by atoms with van der Waals surface area (Å²) in [5, 5.41) is 0. The molecule has 1 atom stereocenters. The molecular weight excluding hydrogens is 348 g/mol. The first-order valence-electron chi connectivity index (χ1n) is 11.7. The smallest absolute Gasteiger partial charge is 0.330 e. The van der Waals surface area contributed by atoms with Crippen LogP contribution >= 0.6 is 0 Å². The van der Waals surface area contributed by atoms with Crippen LogP contribution in [-0.4, -0.2) is 25.8 Å². The van der Waals surface area contributed by atoms with Crippen molar-refractivity contribution in [1.29, 1.82) is 0 Å². The van der Waals surface area contributed by atoms with E-state index in [1.54, 1.807) is 6.08 Å². The van der Waals surface area contributed by atoms with Gasteiger partial charge in [-0.25, -0.2) is 4.79 Å². The maximum atomic E-state index is 11.3. The van der Waals surface area contributed by atoms with E-state index in [9.17, 15) is 4.79 Å². The monoisotopic (exact) mass is 394 g/mol. The van der Waals surface area contributed by atoms with E-state index in [0.717, 1.165) is 6.42 Å². The zero-order valence-corrected chi connectivity index (χ0v) is 18.6. The van der Waals surface area contributed by atoms with Crippen molar-refractivity contribution in [3.05, 3.63) is 25.3 Å². The maximum Gasteiger partial charge on any atom is 0.330 e. The number of rotatable bonds is 22. The first-order valence-corrected chi connectivity index (χ1v) is 11.7. The minimum atomic E-state index is -0.352. The third-order valence-corrected chi connectivity index (χ3v) is 5.18. The minimum absolute atomic E-state index is 0.265. The largest absolute Gasteiger partial charge is 0.462 e. The number of hydrogen-bond donors (Lipinski definition) is 0. The Morgan fingerprint density at radius 2 is 1.29 bits per heavy atom. The fraction of sp³-hybridized carbons (Fsp3) is 0.800. The predicted molar refractivity (Wildman–Crippen MR) is 121 cm³/mol. The van der Waals surface area contributed by atoms with E-state index in [1.807, 2.05) is 0 Å². The predicted octanol–water partition coefficient (Wildman–Crippen LogP) is 7.41. The van der Waals surface area contributed by atoms with Gasteiger partial charge in [0.15, 0.2) is 0 Å². The first kappa shape index (κ1) is 26.9. The van der Waals surface area contributed by atoms with Gasteiger partial charge in [-0.1, -0.05) is 109 Å². The van der Waals surface area contributed by atoms with Crippen LogP contribution in [0.3, 0.4) is 0 Å². The second-order valence-corrected chi connectivity index (χ2v) is 7.91. The Kier molecular flexibility index (Phi) is 21.3. The quantitative estimate of drug-likeness (QED) is 0.0830. The highest BCUT2D eigenvalue weighted by Gasteiger charge is 2.11. The molecule has 3 heteroatoms. The molecule has 0 heterocycles. The van der Waals surface area contributed by atoms with E-state index >= 15 is 0 Å². The standard InChI is InChI=1S/C25H46O3/c1-4-7-8-9-10-11-12-13-14-15-16-17-18-19-20-24(22-27-21-5-2)23-28-25(26)6-3/h5-6,24H,2-4,7-23H2,1H3. The highest BCUT2D eigenvalue weighted by atomic mass is 16.5. The Labute approximate surface area is 175 Å². The molecule has 0 rings (SSSR count). The fourth-order valence-electron chi connectivity index (χ4n) is 3.42. The molecular formula is C25H46O3. The topological polar surface area (TPSA) is 35.5 Å². The Bertz CT molecular complexity index is 365. The third kappa shape index (κ3) is 19.7. The molecule has 0 bridgehead atoms. The van der Waals surface area contributed by atoms with Crippen molar-refractivity contribution in [1.82, 2.24) is 0 Å². The summed E-state index contributed by atoms with van der Waals surface area (Å²) in [7, 11) is 0. The maximum absolute atomic E-state index is 11.3. The molecule has 28 heavy (non-hydrogen) atoms. The highest BCUT2D eigenvalue weighted by molar-refractivity contribution is 5.81. The second-order valence-electron chi connectivity index (χ2n) is 7.91. The zero-order valence-electron chi connectivity index (χ0n) is 18.6. The van der Waals surface area contributed by atoms with Crippen LogP contribution in [0.5, 0.6) is 0 Å². The molecule has 0 aromatic rings. The van der Waals surface area contributed by atoms with Crippen molar-refractivity contribution in [2.75, 3.05) is 19.8 Å². The Balaban J connectivity index is 3.53. The lowest BCUT2D eigenvalue weighted by molar-refractivity contribution is -0.139. The van der Waals surface area contributed by atoms with Crippen LogP contribution in [0, 0.1) is 5.92 Å². The first-order chi connectivity index (χ1) is 13.7. The summed E-state index contributed by atoms with van der Waals surface area (Å²) in [5.74, 6) is -0.0872. The van der Waals surface area contributed by atoms with Gasteiger partial charge in [-0.05, 0) is 6.42 Å². The Morgan fingerprint density at radius 3 is 1.75 bits per heavy atom. The van der Waals surface area contributed by atoms with Gasteiger partial charge in [-0.15, -0.1) is 6.58 Å². The summed E-state index contributed by atoms with van der Waals surface area (Å²) in [6.07, 6.45) is 23.1. The molecule has 164 valence electrons. The van der Waals surface area contributed by atoms with Gasteiger partial charge < -0.3 is 9.47 Å². The lowest BCUT2D eigenvalue weighted by atomic mass is 10.0. The van der Waals surface area contributed by atoms with Gasteiger partial charge in [0.1, 0.15) is 0 Å². The van der Waals surface area contributed by atoms with Gasteiger partial charge in [-0.2, -0.15) is 0 Å². The van der Waals surface area contributed by atoms with Crippen LogP contribution in [0.2, 0.25) is 0 Å². The Hall–Kier alpha value is -1.09. The van der Waals surface area contributed by atoms with Gasteiger partial charge in [-0.3, -0.25) is 0 Å². The average Bonchev–Trinajstić information content (AvgIpc) is 2.71. The molecule has 0 aliphatic heterocycles. The summed E-state index contributed by atoms with van der Waals surface area (Å²) in [4.78, 5) is 11.3. The van der Waals surface area contributed by atoms with Gasteiger partial charge in [0.2, 0.25) is 0 Å². The number of hydrogen-bond acceptors (Lipinski definition) is 3. The molecule has 0 N–H and O–H groups in total. The second kappa shape index (κ2) is 22.2. The molecule has 0 aliphatic rings. The lowest BCUT2D eigenvalue weighted by Gasteiger charge is -2.16. The normalized spacial score (nSPS) is 11.9. The molecule has 0 spiro atoms. The Morgan fingerprint density at radius 1 is 0.786 bits per heavy atom. The summed E-state index contributed by atoms with van der Waals surface area (Å²) in [6, 6.07) is 0. The summed E-state index contributed by atoms with van der Waals surface area (Å²) in [6.45, 7) is 11.0. The highest BCUT2D eigenvalue weighted by Crippen LogP contribution is 2.16. The van der Waals surface area contributed by atoms with Crippen LogP contribution in [0.25, 0.3) is 0 Å². The number of carbonyl (C=O) groups is 1. The summed E-state index contributed by atoms with van der Waals surface area (Å²) < 4.78 is 10.7. The molecule has 0 amide bonds.